The number of nitrogens with zero attached hydrogens (tertiary/aromatic N) is 3. The van der Waals surface area contributed by atoms with Gasteiger partial charge < -0.3 is 4.74 Å². The summed E-state index contributed by atoms with van der Waals surface area (Å²) in [4.78, 5) is 17.3. The third-order valence-corrected chi connectivity index (χ3v) is 6.11. The molecule has 0 unspecified atom stereocenters. The van der Waals surface area contributed by atoms with Crippen LogP contribution in [0.2, 0.25) is 0 Å². The second-order valence-corrected chi connectivity index (χ2v) is 8.49. The molecule has 3 rings (SSSR count). The van der Waals surface area contributed by atoms with E-state index < -0.39 is 0 Å². The van der Waals surface area contributed by atoms with Crippen molar-refractivity contribution in [2.75, 3.05) is 18.7 Å². The Morgan fingerprint density at radius 2 is 2.03 bits per heavy atom. The van der Waals surface area contributed by atoms with E-state index in [0.717, 1.165) is 47.6 Å². The molecular weight excluding hydrogens is 406 g/mol. The molecule has 1 aromatic carbocycles. The van der Waals surface area contributed by atoms with Gasteiger partial charge in [0.2, 0.25) is 5.13 Å². The maximum absolute atomic E-state index is 12.5. The number of aromatic nitrogens is 1. The third-order valence-electron chi connectivity index (χ3n) is 5.20. The number of allylic oxidation sites excluding steroid dienone is 2. The summed E-state index contributed by atoms with van der Waals surface area (Å²) in [6.07, 6.45) is 11.8. The number of ether oxygens (including phenoxy) is 1. The molecule has 0 saturated carbocycles. The second-order valence-electron chi connectivity index (χ2n) is 7.65. The number of rotatable bonds is 10. The van der Waals surface area contributed by atoms with Gasteiger partial charge in [-0.2, -0.15) is 5.10 Å². The highest BCUT2D eigenvalue weighted by Crippen LogP contribution is 2.29. The van der Waals surface area contributed by atoms with Gasteiger partial charge in [-0.15, -0.1) is 11.3 Å². The summed E-state index contributed by atoms with van der Waals surface area (Å²) >= 11 is 1.55. The number of hydrazone groups is 1. The lowest BCUT2D eigenvalue weighted by Gasteiger charge is -2.14. The van der Waals surface area contributed by atoms with Crippen LogP contribution in [0.4, 0.5) is 5.13 Å². The van der Waals surface area contributed by atoms with Crippen molar-refractivity contribution in [3.05, 3.63) is 58.5 Å². The fourth-order valence-electron chi connectivity index (χ4n) is 3.38. The lowest BCUT2D eigenvalue weighted by atomic mass is 9.99. The number of benzene rings is 1. The normalized spacial score (nSPS) is 13.8. The Morgan fingerprint density at radius 3 is 2.84 bits per heavy atom. The fourth-order valence-corrected chi connectivity index (χ4v) is 4.13. The lowest BCUT2D eigenvalue weighted by molar-refractivity contribution is -0.138. The Kier molecular flexibility index (Phi) is 8.59. The van der Waals surface area contributed by atoms with E-state index in [1.807, 2.05) is 36.7 Å². The molecule has 0 radical (unpaired) electrons. The molecule has 6 heteroatoms. The quantitative estimate of drug-likeness (QED) is 0.189. The molecule has 0 atom stereocenters. The molecule has 1 aliphatic rings. The zero-order valence-corrected chi connectivity index (χ0v) is 19.5. The van der Waals surface area contributed by atoms with Crippen LogP contribution in [0.1, 0.15) is 51.0 Å². The number of carbonyl (C=O) groups excluding carboxylic acids is 1. The summed E-state index contributed by atoms with van der Waals surface area (Å²) in [6, 6.07) is 8.22. The minimum absolute atomic E-state index is 0.257. The molecule has 0 amide bonds. The van der Waals surface area contributed by atoms with Crippen molar-refractivity contribution in [1.29, 1.82) is 0 Å². The molecule has 0 saturated heterocycles. The smallest absolute Gasteiger partial charge is 0.338 e. The minimum atomic E-state index is -0.257. The van der Waals surface area contributed by atoms with Gasteiger partial charge in [0.05, 0.1) is 24.1 Å². The highest BCUT2D eigenvalue weighted by atomic mass is 32.1. The van der Waals surface area contributed by atoms with Crippen LogP contribution >= 0.6 is 11.3 Å². The minimum Gasteiger partial charge on any atom is -0.462 e. The zero-order chi connectivity index (χ0) is 22.1. The summed E-state index contributed by atoms with van der Waals surface area (Å²) in [7, 11) is 1.87. The van der Waals surface area contributed by atoms with E-state index in [1.54, 1.807) is 22.6 Å². The Hall–Kier alpha value is -2.73. The molecule has 0 N–H and O–H groups in total. The van der Waals surface area contributed by atoms with Gasteiger partial charge in [0, 0.05) is 23.6 Å². The topological polar surface area (TPSA) is 54.8 Å². The molecule has 1 aliphatic carbocycles. The average Bonchev–Trinajstić information content (AvgIpc) is 3.28. The van der Waals surface area contributed by atoms with Crippen LogP contribution in [-0.4, -0.2) is 30.8 Å². The van der Waals surface area contributed by atoms with Gasteiger partial charge in [0.15, 0.2) is 0 Å². The van der Waals surface area contributed by atoms with E-state index in [1.165, 1.54) is 18.4 Å². The molecule has 0 fully saturated rings. The number of aryl methyl sites for hydroxylation is 1. The molecule has 31 heavy (non-hydrogen) atoms. The second kappa shape index (κ2) is 11.6. The van der Waals surface area contributed by atoms with Crippen LogP contribution in [-0.2, 0) is 9.53 Å². The summed E-state index contributed by atoms with van der Waals surface area (Å²) in [5.74, 6) is -0.257. The number of esters is 1. The number of anilines is 1. The van der Waals surface area contributed by atoms with Crippen LogP contribution in [0.3, 0.4) is 0 Å². The van der Waals surface area contributed by atoms with E-state index in [4.69, 9.17) is 9.72 Å². The van der Waals surface area contributed by atoms with Crippen molar-refractivity contribution in [2.45, 2.75) is 52.4 Å². The van der Waals surface area contributed by atoms with Crippen molar-refractivity contribution in [1.82, 2.24) is 4.98 Å². The van der Waals surface area contributed by atoms with E-state index in [9.17, 15) is 4.79 Å². The monoisotopic (exact) mass is 437 g/mol. The van der Waals surface area contributed by atoms with E-state index >= 15 is 0 Å². The summed E-state index contributed by atoms with van der Waals surface area (Å²) in [6.45, 7) is 4.73. The predicted octanol–water partition coefficient (Wildman–Crippen LogP) is 6.31. The van der Waals surface area contributed by atoms with Gasteiger partial charge in [-0.1, -0.05) is 62.6 Å². The van der Waals surface area contributed by atoms with Crippen molar-refractivity contribution >= 4 is 28.7 Å². The Balaban J connectivity index is 1.62. The van der Waals surface area contributed by atoms with Gasteiger partial charge in [0.1, 0.15) is 0 Å². The highest BCUT2D eigenvalue weighted by Gasteiger charge is 2.17. The largest absolute Gasteiger partial charge is 0.462 e. The molecule has 0 spiro atoms. The van der Waals surface area contributed by atoms with Crippen LogP contribution < -0.4 is 5.01 Å². The van der Waals surface area contributed by atoms with Gasteiger partial charge in [-0.05, 0) is 31.7 Å². The predicted molar refractivity (Wildman–Crippen MR) is 130 cm³/mol. The Labute approximate surface area is 189 Å². The lowest BCUT2D eigenvalue weighted by Crippen LogP contribution is -2.15. The van der Waals surface area contributed by atoms with E-state index in [-0.39, 0.29) is 5.97 Å². The van der Waals surface area contributed by atoms with Crippen molar-refractivity contribution < 1.29 is 9.53 Å². The number of thiazole rings is 1. The van der Waals surface area contributed by atoms with Gasteiger partial charge in [-0.25, -0.2) is 14.8 Å². The maximum atomic E-state index is 12.5. The molecule has 5 nitrogen and oxygen atoms in total. The summed E-state index contributed by atoms with van der Waals surface area (Å²) in [5.41, 5.74) is 4.69. The highest BCUT2D eigenvalue weighted by molar-refractivity contribution is 7.14. The first-order valence-corrected chi connectivity index (χ1v) is 11.8. The standard InChI is InChI=1S/C25H31N3O2S/c1-4-5-6-11-16-30-24(29)22-15-10-8-13-20(22)17-26-28(3)25-27-23(18-31-25)21-14-9-7-12-19(21)2/h7,9,12-15,17-18H,4-6,8,10-11,16H2,1-3H3/b26-17+. The Bertz CT molecular complexity index is 975. The number of hydrogen-bond acceptors (Lipinski definition) is 6. The van der Waals surface area contributed by atoms with Gasteiger partial charge >= 0.3 is 5.97 Å². The fraction of sp³-hybridized carbons (Fsp3) is 0.400. The van der Waals surface area contributed by atoms with Gasteiger partial charge in [-0.3, -0.25) is 0 Å². The van der Waals surface area contributed by atoms with Crippen molar-refractivity contribution in [3.8, 4) is 11.3 Å². The molecule has 2 aromatic rings. The summed E-state index contributed by atoms with van der Waals surface area (Å²) in [5, 5.41) is 9.13. The molecule has 1 heterocycles. The van der Waals surface area contributed by atoms with Crippen LogP contribution in [0.25, 0.3) is 11.3 Å². The number of carbonyl (C=O) groups is 1. The first-order chi connectivity index (χ1) is 15.1. The number of unbranched alkanes of at least 4 members (excludes halogenated alkanes) is 3. The van der Waals surface area contributed by atoms with Crippen molar-refractivity contribution in [2.24, 2.45) is 5.10 Å². The van der Waals surface area contributed by atoms with Crippen LogP contribution in [0, 0.1) is 6.92 Å². The molecule has 0 bridgehead atoms. The molecule has 1 aromatic heterocycles. The first-order valence-electron chi connectivity index (χ1n) is 11.0. The maximum Gasteiger partial charge on any atom is 0.338 e. The van der Waals surface area contributed by atoms with Crippen molar-refractivity contribution in [3.63, 3.8) is 0 Å². The summed E-state index contributed by atoms with van der Waals surface area (Å²) < 4.78 is 5.48. The van der Waals surface area contributed by atoms with E-state index in [0.29, 0.717) is 12.2 Å². The van der Waals surface area contributed by atoms with E-state index in [2.05, 4.69) is 31.1 Å². The Morgan fingerprint density at radius 1 is 1.23 bits per heavy atom. The number of hydrogen-bond donors (Lipinski definition) is 0. The SMILES string of the molecule is CCCCCCOC(=O)C1=CCCC=C1/C=N/N(C)c1nc(-c2ccccc2C)cs1. The van der Waals surface area contributed by atoms with Crippen LogP contribution in [0.5, 0.6) is 0 Å². The first kappa shape index (κ1) is 22.9. The van der Waals surface area contributed by atoms with Gasteiger partial charge in [0.25, 0.3) is 0 Å². The zero-order valence-electron chi connectivity index (χ0n) is 18.6. The molecule has 0 aliphatic heterocycles. The third kappa shape index (κ3) is 6.37. The van der Waals surface area contributed by atoms with Crippen LogP contribution in [0.15, 0.2) is 58.0 Å². The average molecular weight is 438 g/mol. The molecular formula is C25H31N3O2S. The molecule has 164 valence electrons.